The number of fused-ring (bicyclic) bond motifs is 1. The summed E-state index contributed by atoms with van der Waals surface area (Å²) in [5.74, 6) is 0. The number of hydrogen-bond acceptors (Lipinski definition) is 5. The third kappa shape index (κ3) is 5.39. The van der Waals surface area contributed by atoms with E-state index in [9.17, 15) is 5.11 Å². The van der Waals surface area contributed by atoms with Crippen molar-refractivity contribution in [2.24, 2.45) is 5.41 Å². The van der Waals surface area contributed by atoms with Gasteiger partial charge in [-0.2, -0.15) is 0 Å². The molecule has 0 aromatic carbocycles. The van der Waals surface area contributed by atoms with Crippen LogP contribution in [0.25, 0.3) is 0 Å². The van der Waals surface area contributed by atoms with Gasteiger partial charge in [-0.15, -0.1) is 0 Å². The van der Waals surface area contributed by atoms with E-state index in [4.69, 9.17) is 9.57 Å². The Bertz CT molecular complexity index is 619. The molecule has 0 amide bonds. The second-order valence-electron chi connectivity index (χ2n) is 8.05. The van der Waals surface area contributed by atoms with Gasteiger partial charge < -0.3 is 14.7 Å². The Morgan fingerprint density at radius 1 is 1.33 bits per heavy atom. The maximum Gasteiger partial charge on any atom is 0.0890 e. The van der Waals surface area contributed by atoms with Crippen molar-refractivity contribution in [2.75, 3.05) is 33.4 Å². The van der Waals surface area contributed by atoms with Crippen LogP contribution < -0.4 is 5.48 Å². The van der Waals surface area contributed by atoms with Gasteiger partial charge in [-0.3, -0.25) is 4.90 Å². The Hall–Kier alpha value is -1.24. The fourth-order valence-electron chi connectivity index (χ4n) is 3.89. The number of rotatable bonds is 11. The molecule has 150 valence electrons. The molecule has 5 nitrogen and oxygen atoms in total. The highest BCUT2D eigenvalue weighted by molar-refractivity contribution is 5.48. The molecule has 0 aliphatic heterocycles. The van der Waals surface area contributed by atoms with Gasteiger partial charge in [0.05, 0.1) is 18.8 Å². The number of hydrogen-bond donors (Lipinski definition) is 2. The van der Waals surface area contributed by atoms with Crippen molar-refractivity contribution in [1.29, 1.82) is 0 Å². The first-order valence-corrected chi connectivity index (χ1v) is 10.1. The van der Waals surface area contributed by atoms with E-state index in [1.807, 2.05) is 6.92 Å². The lowest BCUT2D eigenvalue weighted by atomic mass is 9.70. The molecule has 0 saturated heterocycles. The van der Waals surface area contributed by atoms with Gasteiger partial charge in [-0.05, 0) is 44.3 Å². The van der Waals surface area contributed by atoms with Gasteiger partial charge in [0.25, 0.3) is 0 Å². The molecule has 1 fully saturated rings. The fourth-order valence-corrected chi connectivity index (χ4v) is 3.89. The maximum absolute atomic E-state index is 9.86. The zero-order chi connectivity index (χ0) is 19.3. The molecule has 1 saturated carbocycles. The molecular weight excluding hydrogens is 340 g/mol. The van der Waals surface area contributed by atoms with Crippen molar-refractivity contribution in [2.45, 2.75) is 51.4 Å². The summed E-state index contributed by atoms with van der Waals surface area (Å²) >= 11 is 0. The number of nitrogens with zero attached hydrogens (tertiary/aromatic N) is 1. The highest BCUT2D eigenvalue weighted by atomic mass is 16.6. The minimum Gasteiger partial charge on any atom is -0.392 e. The van der Waals surface area contributed by atoms with Crippen LogP contribution >= 0.6 is 0 Å². The molecule has 0 bridgehead atoms. The summed E-state index contributed by atoms with van der Waals surface area (Å²) in [5, 5.41) is 9.86. The summed E-state index contributed by atoms with van der Waals surface area (Å²) in [6.45, 7) is 7.01. The molecule has 0 radical (unpaired) electrons. The van der Waals surface area contributed by atoms with E-state index >= 15 is 0 Å². The summed E-state index contributed by atoms with van der Waals surface area (Å²) in [6, 6.07) is 0.618. The molecule has 0 aromatic rings. The van der Waals surface area contributed by atoms with E-state index in [1.165, 1.54) is 24.0 Å². The molecule has 3 aliphatic carbocycles. The van der Waals surface area contributed by atoms with Crippen LogP contribution in [0.5, 0.6) is 0 Å². The highest BCUT2D eigenvalue weighted by Crippen LogP contribution is 2.42. The Morgan fingerprint density at radius 2 is 2.15 bits per heavy atom. The van der Waals surface area contributed by atoms with Crippen molar-refractivity contribution in [3.63, 3.8) is 0 Å². The number of aliphatic hydroxyl groups excluding tert-OH is 1. The van der Waals surface area contributed by atoms with E-state index in [0.717, 1.165) is 19.5 Å². The number of ether oxygens (including phenoxy) is 1. The van der Waals surface area contributed by atoms with E-state index in [0.29, 0.717) is 19.3 Å². The van der Waals surface area contributed by atoms with Crippen LogP contribution in [0.1, 0.15) is 33.1 Å². The first kappa shape index (κ1) is 20.5. The van der Waals surface area contributed by atoms with Gasteiger partial charge >= 0.3 is 0 Å². The second kappa shape index (κ2) is 9.30. The van der Waals surface area contributed by atoms with Crippen LogP contribution in [0.2, 0.25) is 0 Å². The van der Waals surface area contributed by atoms with Crippen molar-refractivity contribution in [3.8, 4) is 0 Å². The Morgan fingerprint density at radius 3 is 2.85 bits per heavy atom. The van der Waals surface area contributed by atoms with E-state index in [-0.39, 0.29) is 17.6 Å². The minimum absolute atomic E-state index is 0.0101. The molecule has 3 atom stereocenters. The van der Waals surface area contributed by atoms with Gasteiger partial charge in [-0.1, -0.05) is 36.5 Å². The molecule has 0 aromatic heterocycles. The molecule has 0 heterocycles. The largest absolute Gasteiger partial charge is 0.392 e. The molecule has 0 spiro atoms. The zero-order valence-electron chi connectivity index (χ0n) is 16.9. The SMILES string of the molecule is CNOCCCOC1C=C(CN(CC(C)O)C2CC2)C=C2C=CC=CC21C. The number of aliphatic hydroxyl groups is 1. The van der Waals surface area contributed by atoms with E-state index in [2.05, 4.69) is 53.8 Å². The van der Waals surface area contributed by atoms with Gasteiger partial charge in [0.2, 0.25) is 0 Å². The quantitative estimate of drug-likeness (QED) is 0.430. The molecule has 2 N–H and O–H groups in total. The first-order chi connectivity index (χ1) is 13.0. The third-order valence-corrected chi connectivity index (χ3v) is 5.53. The van der Waals surface area contributed by atoms with Crippen LogP contribution in [0.3, 0.4) is 0 Å². The predicted molar refractivity (Wildman–Crippen MR) is 108 cm³/mol. The number of nitrogens with one attached hydrogen (secondary N) is 1. The van der Waals surface area contributed by atoms with E-state index in [1.54, 1.807) is 7.05 Å². The van der Waals surface area contributed by atoms with Crippen molar-refractivity contribution in [1.82, 2.24) is 10.4 Å². The molecule has 27 heavy (non-hydrogen) atoms. The first-order valence-electron chi connectivity index (χ1n) is 10.1. The Labute approximate surface area is 163 Å². The molecule has 3 rings (SSSR count). The van der Waals surface area contributed by atoms with Crippen molar-refractivity contribution < 1.29 is 14.7 Å². The monoisotopic (exact) mass is 374 g/mol. The Balaban J connectivity index is 1.70. The second-order valence-corrected chi connectivity index (χ2v) is 8.05. The van der Waals surface area contributed by atoms with Crippen LogP contribution in [-0.2, 0) is 9.57 Å². The topological polar surface area (TPSA) is 54.0 Å². The lowest BCUT2D eigenvalue weighted by molar-refractivity contribution is 0.00251. The molecular formula is C22H34N2O3. The molecule has 3 unspecified atom stereocenters. The molecule has 3 aliphatic rings. The lowest BCUT2D eigenvalue weighted by Gasteiger charge is -2.40. The summed E-state index contributed by atoms with van der Waals surface area (Å²) in [5.41, 5.74) is 5.15. The number of hydroxylamine groups is 1. The summed E-state index contributed by atoms with van der Waals surface area (Å²) < 4.78 is 6.29. The van der Waals surface area contributed by atoms with Crippen LogP contribution in [0.4, 0.5) is 0 Å². The van der Waals surface area contributed by atoms with Gasteiger partial charge in [0, 0.05) is 38.2 Å². The van der Waals surface area contributed by atoms with Crippen LogP contribution in [-0.4, -0.2) is 61.6 Å². The third-order valence-electron chi connectivity index (χ3n) is 5.53. The zero-order valence-corrected chi connectivity index (χ0v) is 16.9. The standard InChI is InChI=1S/C22H34N2O3/c1-17(25)15-24(20-8-9-20)16-18-13-19-7-4-5-10-22(19,2)21(14-18)26-11-6-12-27-23-3/h4-5,7,10,13-14,17,20-21,23,25H,6,8-9,11-12,15-16H2,1-3H3. The minimum atomic E-state index is -0.301. The predicted octanol–water partition coefficient (Wildman–Crippen LogP) is 2.76. The average Bonchev–Trinajstić information content (AvgIpc) is 3.46. The fraction of sp³-hybridized carbons (Fsp3) is 0.636. The van der Waals surface area contributed by atoms with Crippen LogP contribution in [0, 0.1) is 5.41 Å². The highest BCUT2D eigenvalue weighted by Gasteiger charge is 2.38. The van der Waals surface area contributed by atoms with E-state index < -0.39 is 0 Å². The summed E-state index contributed by atoms with van der Waals surface area (Å²) in [6.07, 6.45) is 16.3. The van der Waals surface area contributed by atoms with Crippen molar-refractivity contribution >= 4 is 0 Å². The summed E-state index contributed by atoms with van der Waals surface area (Å²) in [7, 11) is 1.77. The summed E-state index contributed by atoms with van der Waals surface area (Å²) in [4.78, 5) is 7.60. The Kier molecular flexibility index (Phi) is 7.06. The van der Waals surface area contributed by atoms with Gasteiger partial charge in [0.1, 0.15) is 0 Å². The molecule has 5 heteroatoms. The number of allylic oxidation sites excluding steroid dienone is 3. The normalized spacial score (nSPS) is 28.1. The average molecular weight is 375 g/mol. The maximum atomic E-state index is 9.86. The van der Waals surface area contributed by atoms with Crippen LogP contribution in [0.15, 0.2) is 47.6 Å². The van der Waals surface area contributed by atoms with Gasteiger partial charge in [0.15, 0.2) is 0 Å². The van der Waals surface area contributed by atoms with Gasteiger partial charge in [-0.25, -0.2) is 5.48 Å². The van der Waals surface area contributed by atoms with Crippen molar-refractivity contribution in [3.05, 3.63) is 47.6 Å². The lowest BCUT2D eigenvalue weighted by Crippen LogP contribution is -2.39. The smallest absolute Gasteiger partial charge is 0.0890 e.